The lowest BCUT2D eigenvalue weighted by molar-refractivity contribution is -0.100. The Morgan fingerprint density at radius 3 is 2.86 bits per heavy atom. The molecule has 1 aliphatic carbocycles. The third-order valence-electron chi connectivity index (χ3n) is 4.64. The highest BCUT2D eigenvalue weighted by atomic mass is 35.5. The summed E-state index contributed by atoms with van der Waals surface area (Å²) in [6.45, 7) is 5.08. The lowest BCUT2D eigenvalue weighted by atomic mass is 9.73. The van der Waals surface area contributed by atoms with Gasteiger partial charge in [0.15, 0.2) is 0 Å². The Kier molecular flexibility index (Phi) is 6.06. The van der Waals surface area contributed by atoms with Gasteiger partial charge in [-0.2, -0.15) is 0 Å². The van der Waals surface area contributed by atoms with Gasteiger partial charge in [-0.25, -0.2) is 0 Å². The van der Waals surface area contributed by atoms with Crippen LogP contribution in [0.1, 0.15) is 45.1 Å². The smallest absolute Gasteiger partial charge is 0.0853 e. The Hall–Kier alpha value is -0.610. The van der Waals surface area contributed by atoms with Gasteiger partial charge < -0.3 is 4.74 Å². The number of hydrogen-bond acceptors (Lipinski definition) is 3. The molecule has 1 aromatic carbocycles. The average Bonchev–Trinajstić information content (AvgIpc) is 2.46. The van der Waals surface area contributed by atoms with Crippen molar-refractivity contribution in [3.8, 4) is 0 Å². The lowest BCUT2D eigenvalue weighted by Crippen LogP contribution is -2.58. The van der Waals surface area contributed by atoms with Crippen LogP contribution in [0.5, 0.6) is 0 Å². The van der Waals surface area contributed by atoms with Crippen molar-refractivity contribution in [1.82, 2.24) is 5.43 Å². The minimum Gasteiger partial charge on any atom is -0.374 e. The summed E-state index contributed by atoms with van der Waals surface area (Å²) in [5.41, 5.74) is 3.95. The Balaban J connectivity index is 2.21. The van der Waals surface area contributed by atoms with Gasteiger partial charge in [0.1, 0.15) is 0 Å². The van der Waals surface area contributed by atoms with E-state index >= 15 is 0 Å². The molecule has 3 unspecified atom stereocenters. The number of rotatable bonds is 6. The van der Waals surface area contributed by atoms with E-state index in [0.29, 0.717) is 12.5 Å². The molecule has 1 aromatic rings. The second kappa shape index (κ2) is 7.59. The molecule has 1 saturated carbocycles. The van der Waals surface area contributed by atoms with Gasteiger partial charge in [-0.3, -0.25) is 11.3 Å². The molecule has 1 fully saturated rings. The highest BCUT2D eigenvalue weighted by molar-refractivity contribution is 6.31. The second-order valence-corrected chi connectivity index (χ2v) is 6.62. The highest BCUT2D eigenvalue weighted by Crippen LogP contribution is 2.39. The Labute approximate surface area is 133 Å². The fraction of sp³-hybridized carbons (Fsp3) is 0.647. The fourth-order valence-corrected chi connectivity index (χ4v) is 3.87. The van der Waals surface area contributed by atoms with Crippen LogP contribution >= 0.6 is 11.6 Å². The number of nitrogens with two attached hydrogens (primary N) is 1. The maximum Gasteiger partial charge on any atom is 0.0853 e. The predicted octanol–water partition coefficient (Wildman–Crippen LogP) is 3.70. The standard InChI is InChI=1S/C17H27ClN2O/c1-3-21-17(10-6-7-13(2)12-17)16(20-19)11-14-8-4-5-9-15(14)18/h4-5,8-9,13,16,20H,3,6-7,10-12,19H2,1-2H3. The molecule has 4 heteroatoms. The zero-order chi connectivity index (χ0) is 15.3. The Bertz CT molecular complexity index is 450. The molecule has 0 saturated heterocycles. The van der Waals surface area contributed by atoms with Crippen molar-refractivity contribution in [2.45, 2.75) is 57.6 Å². The average molecular weight is 311 g/mol. The van der Waals surface area contributed by atoms with Gasteiger partial charge in [0, 0.05) is 11.6 Å². The molecule has 0 bridgehead atoms. The van der Waals surface area contributed by atoms with Gasteiger partial charge in [0.25, 0.3) is 0 Å². The first-order chi connectivity index (χ1) is 10.1. The van der Waals surface area contributed by atoms with Crippen molar-refractivity contribution < 1.29 is 4.74 Å². The van der Waals surface area contributed by atoms with Crippen LogP contribution in [0.25, 0.3) is 0 Å². The van der Waals surface area contributed by atoms with Crippen molar-refractivity contribution in [3.05, 3.63) is 34.9 Å². The molecule has 0 radical (unpaired) electrons. The molecule has 118 valence electrons. The summed E-state index contributed by atoms with van der Waals surface area (Å²) in [7, 11) is 0. The molecular weight excluding hydrogens is 284 g/mol. The second-order valence-electron chi connectivity index (χ2n) is 6.21. The van der Waals surface area contributed by atoms with Crippen LogP contribution in [0, 0.1) is 5.92 Å². The van der Waals surface area contributed by atoms with E-state index in [9.17, 15) is 0 Å². The first-order valence-electron chi connectivity index (χ1n) is 7.95. The van der Waals surface area contributed by atoms with Crippen LogP contribution in [-0.2, 0) is 11.2 Å². The quantitative estimate of drug-likeness (QED) is 0.622. The van der Waals surface area contributed by atoms with E-state index in [0.717, 1.165) is 29.8 Å². The lowest BCUT2D eigenvalue weighted by Gasteiger charge is -2.45. The molecule has 0 amide bonds. The summed E-state index contributed by atoms with van der Waals surface area (Å²) in [6.07, 6.45) is 5.38. The van der Waals surface area contributed by atoms with Crippen molar-refractivity contribution >= 4 is 11.6 Å². The molecule has 0 spiro atoms. The largest absolute Gasteiger partial charge is 0.374 e. The van der Waals surface area contributed by atoms with E-state index in [1.807, 2.05) is 18.2 Å². The van der Waals surface area contributed by atoms with E-state index < -0.39 is 0 Å². The monoisotopic (exact) mass is 310 g/mol. The molecule has 3 atom stereocenters. The van der Waals surface area contributed by atoms with Gasteiger partial charge in [0.2, 0.25) is 0 Å². The summed E-state index contributed by atoms with van der Waals surface area (Å²) >= 11 is 6.31. The summed E-state index contributed by atoms with van der Waals surface area (Å²) in [5.74, 6) is 6.56. The number of halogens is 1. The Morgan fingerprint density at radius 2 is 2.24 bits per heavy atom. The van der Waals surface area contributed by atoms with Crippen molar-refractivity contribution in [2.75, 3.05) is 6.61 Å². The topological polar surface area (TPSA) is 47.3 Å². The zero-order valence-corrected chi connectivity index (χ0v) is 13.8. The summed E-state index contributed by atoms with van der Waals surface area (Å²) in [6, 6.07) is 8.06. The molecule has 0 aliphatic heterocycles. The van der Waals surface area contributed by atoms with Gasteiger partial charge in [-0.15, -0.1) is 0 Å². The van der Waals surface area contributed by atoms with Crippen molar-refractivity contribution in [2.24, 2.45) is 11.8 Å². The van der Waals surface area contributed by atoms with E-state index in [1.165, 1.54) is 12.8 Å². The van der Waals surface area contributed by atoms with Crippen LogP contribution in [0.4, 0.5) is 0 Å². The van der Waals surface area contributed by atoms with E-state index in [2.05, 4.69) is 25.3 Å². The first kappa shape index (κ1) is 16.8. The molecule has 21 heavy (non-hydrogen) atoms. The number of benzene rings is 1. The maximum atomic E-state index is 6.31. The zero-order valence-electron chi connectivity index (χ0n) is 13.1. The SMILES string of the molecule is CCOC1(C(Cc2ccccc2Cl)NN)CCCC(C)C1. The highest BCUT2D eigenvalue weighted by Gasteiger charge is 2.42. The van der Waals surface area contributed by atoms with Crippen LogP contribution in [-0.4, -0.2) is 18.2 Å². The third-order valence-corrected chi connectivity index (χ3v) is 5.01. The number of hydrazine groups is 1. The van der Waals surface area contributed by atoms with Crippen LogP contribution in [0.2, 0.25) is 5.02 Å². The van der Waals surface area contributed by atoms with Gasteiger partial charge in [-0.1, -0.05) is 49.6 Å². The van der Waals surface area contributed by atoms with Gasteiger partial charge >= 0.3 is 0 Å². The normalized spacial score (nSPS) is 27.5. The van der Waals surface area contributed by atoms with E-state index in [1.54, 1.807) is 0 Å². The van der Waals surface area contributed by atoms with Gasteiger partial charge in [-0.05, 0) is 43.7 Å². The molecule has 0 heterocycles. The van der Waals surface area contributed by atoms with Crippen LogP contribution in [0.3, 0.4) is 0 Å². The molecule has 2 rings (SSSR count). The van der Waals surface area contributed by atoms with Gasteiger partial charge in [0.05, 0.1) is 11.6 Å². The minimum atomic E-state index is -0.180. The maximum absolute atomic E-state index is 6.31. The number of hydrogen-bond donors (Lipinski definition) is 2. The predicted molar refractivity (Wildman–Crippen MR) is 88.3 cm³/mol. The molecule has 3 N–H and O–H groups in total. The number of nitrogens with one attached hydrogen (secondary N) is 1. The summed E-state index contributed by atoms with van der Waals surface area (Å²) in [4.78, 5) is 0. The molecule has 1 aliphatic rings. The van der Waals surface area contributed by atoms with Crippen molar-refractivity contribution in [3.63, 3.8) is 0 Å². The summed E-state index contributed by atoms with van der Waals surface area (Å²) < 4.78 is 6.22. The molecular formula is C17H27ClN2O. The molecule has 3 nitrogen and oxygen atoms in total. The third kappa shape index (κ3) is 3.98. The van der Waals surface area contributed by atoms with E-state index in [-0.39, 0.29) is 11.6 Å². The fourth-order valence-electron chi connectivity index (χ4n) is 3.66. The Morgan fingerprint density at radius 1 is 1.48 bits per heavy atom. The minimum absolute atomic E-state index is 0.0834. The van der Waals surface area contributed by atoms with Crippen molar-refractivity contribution in [1.29, 1.82) is 0 Å². The summed E-state index contributed by atoms with van der Waals surface area (Å²) in [5, 5.41) is 0.799. The molecule has 0 aromatic heterocycles. The number of ether oxygens (including phenoxy) is 1. The van der Waals surface area contributed by atoms with E-state index in [4.69, 9.17) is 22.2 Å². The van der Waals surface area contributed by atoms with Crippen LogP contribution in [0.15, 0.2) is 24.3 Å². The first-order valence-corrected chi connectivity index (χ1v) is 8.32. The van der Waals surface area contributed by atoms with Crippen LogP contribution < -0.4 is 11.3 Å².